The molecule has 0 spiro atoms. The first-order valence-corrected chi connectivity index (χ1v) is 8.24. The monoisotopic (exact) mass is 328 g/mol. The van der Waals surface area contributed by atoms with Crippen molar-refractivity contribution in [1.29, 1.82) is 0 Å². The fourth-order valence-corrected chi connectivity index (χ4v) is 4.14. The van der Waals surface area contributed by atoms with E-state index in [1.54, 1.807) is 14.2 Å². The molecule has 5 nitrogen and oxygen atoms in total. The highest BCUT2D eigenvalue weighted by molar-refractivity contribution is 5.52. The minimum absolute atomic E-state index is 0.195. The van der Waals surface area contributed by atoms with Crippen LogP contribution in [0.3, 0.4) is 0 Å². The van der Waals surface area contributed by atoms with E-state index in [-0.39, 0.29) is 11.5 Å². The number of nitrogens with one attached hydrogen (secondary N) is 1. The molecule has 4 rings (SSSR count). The molecule has 0 saturated carbocycles. The van der Waals surface area contributed by atoms with Crippen LogP contribution in [-0.2, 0) is 19.4 Å². The smallest absolute Gasteiger partial charge is 0.166 e. The molecule has 2 aliphatic rings. The molecule has 2 aromatic rings. The lowest BCUT2D eigenvalue weighted by Gasteiger charge is -2.38. The van der Waals surface area contributed by atoms with E-state index in [0.717, 1.165) is 37.1 Å². The van der Waals surface area contributed by atoms with Crippen molar-refractivity contribution in [2.75, 3.05) is 20.8 Å². The van der Waals surface area contributed by atoms with Crippen molar-refractivity contribution >= 4 is 0 Å². The van der Waals surface area contributed by atoms with E-state index in [9.17, 15) is 10.2 Å². The fourth-order valence-electron chi connectivity index (χ4n) is 4.14. The van der Waals surface area contributed by atoms with Gasteiger partial charge in [-0.15, -0.1) is 0 Å². The lowest BCUT2D eigenvalue weighted by Crippen LogP contribution is -3.13. The second-order valence-electron chi connectivity index (χ2n) is 6.57. The van der Waals surface area contributed by atoms with Crippen molar-refractivity contribution in [3.05, 3.63) is 46.5 Å². The first-order chi connectivity index (χ1) is 11.6. The summed E-state index contributed by atoms with van der Waals surface area (Å²) in [6.45, 7) is 1.77. The molecule has 5 heteroatoms. The lowest BCUT2D eigenvalue weighted by molar-refractivity contribution is -0.949. The van der Waals surface area contributed by atoms with Gasteiger partial charge in [-0.25, -0.2) is 0 Å². The number of phenolic OH excluding ortho intramolecular Hbond substituents is 2. The van der Waals surface area contributed by atoms with Crippen molar-refractivity contribution < 1.29 is 24.6 Å². The highest BCUT2D eigenvalue weighted by Gasteiger charge is 2.37. The lowest BCUT2D eigenvalue weighted by atomic mass is 9.83. The van der Waals surface area contributed by atoms with E-state index in [1.165, 1.54) is 16.0 Å². The highest BCUT2D eigenvalue weighted by Crippen LogP contribution is 2.39. The zero-order valence-corrected chi connectivity index (χ0v) is 13.9. The fraction of sp³-hybridized carbons (Fsp3) is 0.368. The third-order valence-corrected chi connectivity index (χ3v) is 5.41. The van der Waals surface area contributed by atoms with Crippen LogP contribution in [0.4, 0.5) is 0 Å². The van der Waals surface area contributed by atoms with Gasteiger partial charge in [-0.3, -0.25) is 0 Å². The Morgan fingerprint density at radius 3 is 2.58 bits per heavy atom. The summed E-state index contributed by atoms with van der Waals surface area (Å²) in [5, 5.41) is 20.6. The van der Waals surface area contributed by atoms with Gasteiger partial charge in [-0.2, -0.15) is 0 Å². The largest absolute Gasteiger partial charge is 0.504 e. The van der Waals surface area contributed by atoms with Gasteiger partial charge in [0.15, 0.2) is 23.0 Å². The number of rotatable bonds is 2. The molecule has 2 aromatic carbocycles. The maximum absolute atomic E-state index is 10.4. The number of phenols is 2. The zero-order chi connectivity index (χ0) is 16.8. The normalized spacial score (nSPS) is 21.4. The maximum atomic E-state index is 10.4. The van der Waals surface area contributed by atoms with E-state index >= 15 is 0 Å². The predicted octanol–water partition coefficient (Wildman–Crippen LogP) is 1.35. The first kappa shape index (κ1) is 15.1. The van der Waals surface area contributed by atoms with Crippen molar-refractivity contribution in [2.24, 2.45) is 0 Å². The highest BCUT2D eigenvalue weighted by atomic mass is 16.5. The number of methoxy groups -OCH3 is 2. The van der Waals surface area contributed by atoms with Crippen molar-refractivity contribution in [3.63, 3.8) is 0 Å². The first-order valence-electron chi connectivity index (χ1n) is 8.24. The topological polar surface area (TPSA) is 63.4 Å². The Labute approximate surface area is 141 Å². The molecule has 24 heavy (non-hydrogen) atoms. The minimum atomic E-state index is 0.195. The van der Waals surface area contributed by atoms with Crippen LogP contribution in [-0.4, -0.2) is 31.0 Å². The third kappa shape index (κ3) is 2.19. The molecule has 126 valence electrons. The van der Waals surface area contributed by atoms with Crippen molar-refractivity contribution in [1.82, 2.24) is 0 Å². The number of hydrogen-bond acceptors (Lipinski definition) is 4. The second-order valence-corrected chi connectivity index (χ2v) is 6.57. The van der Waals surface area contributed by atoms with Gasteiger partial charge < -0.3 is 24.6 Å². The number of hydrogen-bond donors (Lipinski definition) is 3. The van der Waals surface area contributed by atoms with Crippen LogP contribution in [0.15, 0.2) is 24.3 Å². The van der Waals surface area contributed by atoms with Crippen LogP contribution in [0.25, 0.3) is 0 Å². The summed E-state index contributed by atoms with van der Waals surface area (Å²) < 4.78 is 10.5. The van der Waals surface area contributed by atoms with Gasteiger partial charge in [0.25, 0.3) is 0 Å². The summed E-state index contributed by atoms with van der Waals surface area (Å²) in [6, 6.07) is 7.98. The van der Waals surface area contributed by atoms with Gasteiger partial charge in [-0.05, 0) is 29.3 Å². The molecule has 0 amide bonds. The van der Waals surface area contributed by atoms with E-state index in [0.29, 0.717) is 17.5 Å². The standard InChI is InChI=1S/C19H21NO4/c1-23-17-4-3-11-7-15-13-9-16(21)18(24-2)8-12(13)5-6-20(15)10-14(11)19(17)22/h3-4,8-9,15,21-22H,5-7,10H2,1-2H3/p+1/t15-/m0/s1. The summed E-state index contributed by atoms with van der Waals surface area (Å²) in [4.78, 5) is 1.42. The van der Waals surface area contributed by atoms with Crippen LogP contribution < -0.4 is 14.4 Å². The van der Waals surface area contributed by atoms with Gasteiger partial charge in [0.2, 0.25) is 0 Å². The Kier molecular flexibility index (Phi) is 3.53. The summed E-state index contributed by atoms with van der Waals surface area (Å²) in [6.07, 6.45) is 1.79. The molecular weight excluding hydrogens is 306 g/mol. The number of ether oxygens (including phenoxy) is 2. The molecule has 0 radical (unpaired) electrons. The molecule has 1 unspecified atom stereocenters. The van der Waals surface area contributed by atoms with Gasteiger partial charge in [0.05, 0.1) is 26.3 Å². The van der Waals surface area contributed by atoms with Crippen molar-refractivity contribution in [3.8, 4) is 23.0 Å². The summed E-state index contributed by atoms with van der Waals surface area (Å²) >= 11 is 0. The molecule has 3 N–H and O–H groups in total. The molecule has 0 aromatic heterocycles. The summed E-state index contributed by atoms with van der Waals surface area (Å²) in [5.41, 5.74) is 4.59. The third-order valence-electron chi connectivity index (χ3n) is 5.41. The van der Waals surface area contributed by atoms with E-state index in [1.807, 2.05) is 24.3 Å². The van der Waals surface area contributed by atoms with Gasteiger partial charge in [0.1, 0.15) is 12.6 Å². The minimum Gasteiger partial charge on any atom is -0.504 e. The van der Waals surface area contributed by atoms with Crippen LogP contribution >= 0.6 is 0 Å². The second kappa shape index (κ2) is 5.60. The van der Waals surface area contributed by atoms with E-state index in [2.05, 4.69) is 0 Å². The summed E-state index contributed by atoms with van der Waals surface area (Å²) in [7, 11) is 3.15. The molecular formula is C19H22NO4+. The Morgan fingerprint density at radius 2 is 1.83 bits per heavy atom. The number of aromatic hydroxyl groups is 2. The Balaban J connectivity index is 1.76. The average molecular weight is 328 g/mol. The van der Waals surface area contributed by atoms with Crippen LogP contribution in [0, 0.1) is 0 Å². The average Bonchev–Trinajstić information content (AvgIpc) is 2.60. The summed E-state index contributed by atoms with van der Waals surface area (Å²) in [5.74, 6) is 1.53. The Morgan fingerprint density at radius 1 is 1.04 bits per heavy atom. The zero-order valence-electron chi connectivity index (χ0n) is 13.9. The maximum Gasteiger partial charge on any atom is 0.166 e. The van der Waals surface area contributed by atoms with E-state index < -0.39 is 0 Å². The predicted molar refractivity (Wildman–Crippen MR) is 89.0 cm³/mol. The molecule has 0 fully saturated rings. The van der Waals surface area contributed by atoms with Crippen LogP contribution in [0.2, 0.25) is 0 Å². The van der Waals surface area contributed by atoms with Crippen LogP contribution in [0.1, 0.15) is 28.3 Å². The van der Waals surface area contributed by atoms with E-state index in [4.69, 9.17) is 9.47 Å². The van der Waals surface area contributed by atoms with Crippen molar-refractivity contribution in [2.45, 2.75) is 25.4 Å². The SMILES string of the molecule is COc1cc2c(cc1O)[C@@H]1Cc3ccc(OC)c(O)c3C[NH+]1CC2. The van der Waals surface area contributed by atoms with Gasteiger partial charge >= 0.3 is 0 Å². The molecule has 2 atom stereocenters. The van der Waals surface area contributed by atoms with Gasteiger partial charge in [0, 0.05) is 18.4 Å². The van der Waals surface area contributed by atoms with Crippen LogP contribution in [0.5, 0.6) is 23.0 Å². The Bertz CT molecular complexity index is 802. The number of benzene rings is 2. The Hall–Kier alpha value is -2.40. The number of quaternary nitrogens is 1. The van der Waals surface area contributed by atoms with Gasteiger partial charge in [-0.1, -0.05) is 6.07 Å². The molecule has 0 aliphatic carbocycles. The molecule has 0 saturated heterocycles. The molecule has 2 heterocycles. The number of fused-ring (bicyclic) bond motifs is 4. The molecule has 2 aliphatic heterocycles. The molecule has 0 bridgehead atoms. The quantitative estimate of drug-likeness (QED) is 0.779.